The van der Waals surface area contributed by atoms with Crippen LogP contribution in [0.25, 0.3) is 0 Å². The van der Waals surface area contributed by atoms with Crippen molar-refractivity contribution in [1.29, 1.82) is 0 Å². The van der Waals surface area contributed by atoms with Gasteiger partial charge in [0.15, 0.2) is 0 Å². The number of thioether (sulfide) groups is 1. The van der Waals surface area contributed by atoms with Crippen LogP contribution in [0.3, 0.4) is 0 Å². The second-order valence-corrected chi connectivity index (χ2v) is 5.84. The maximum Gasteiger partial charge on any atom is 0.328 e. The lowest BCUT2D eigenvalue weighted by atomic mass is 10.2. The summed E-state index contributed by atoms with van der Waals surface area (Å²) < 4.78 is 0.0605. The van der Waals surface area contributed by atoms with Gasteiger partial charge in [0, 0.05) is 35.7 Å². The molecule has 0 atom stereocenters. The summed E-state index contributed by atoms with van der Waals surface area (Å²) in [6.45, 7) is 5.52. The Morgan fingerprint density at radius 3 is 2.60 bits per heavy atom. The molecule has 84 valence electrons. The summed E-state index contributed by atoms with van der Waals surface area (Å²) in [4.78, 5) is 23.5. The first-order valence-corrected chi connectivity index (χ1v) is 5.73. The molecule has 0 saturated carbocycles. The summed E-state index contributed by atoms with van der Waals surface area (Å²) in [6.07, 6.45) is 2.01. The lowest BCUT2D eigenvalue weighted by molar-refractivity contribution is -0.132. The molecule has 4 nitrogen and oxygen atoms in total. The molecule has 0 aromatic heterocycles. The smallest absolute Gasteiger partial charge is 0.328 e. The van der Waals surface area contributed by atoms with Gasteiger partial charge >= 0.3 is 5.97 Å². The molecule has 15 heavy (non-hydrogen) atoms. The number of rotatable bonds is 2. The molecular weight excluding hydrogens is 214 g/mol. The number of carbonyl (C=O) groups is 2. The van der Waals surface area contributed by atoms with Gasteiger partial charge in [-0.05, 0) is 13.8 Å². The molecule has 1 amide bonds. The average molecular weight is 229 g/mol. The van der Waals surface area contributed by atoms with E-state index in [0.29, 0.717) is 13.1 Å². The second-order valence-electron chi connectivity index (χ2n) is 4.04. The molecule has 0 spiro atoms. The van der Waals surface area contributed by atoms with Gasteiger partial charge in [0.1, 0.15) is 0 Å². The monoisotopic (exact) mass is 229 g/mol. The summed E-state index contributed by atoms with van der Waals surface area (Å²) in [5, 5.41) is 8.40. The van der Waals surface area contributed by atoms with E-state index in [9.17, 15) is 9.59 Å². The van der Waals surface area contributed by atoms with Crippen LogP contribution in [0.4, 0.5) is 0 Å². The maximum atomic E-state index is 11.6. The molecule has 1 aliphatic rings. The third kappa shape index (κ3) is 3.95. The molecule has 1 aliphatic heterocycles. The van der Waals surface area contributed by atoms with E-state index in [1.807, 2.05) is 11.8 Å². The first-order chi connectivity index (χ1) is 6.91. The van der Waals surface area contributed by atoms with E-state index in [0.717, 1.165) is 17.9 Å². The first kappa shape index (κ1) is 12.1. The van der Waals surface area contributed by atoms with Crippen LogP contribution >= 0.6 is 11.8 Å². The Hall–Kier alpha value is -0.970. The highest BCUT2D eigenvalue weighted by Gasteiger charge is 2.28. The molecule has 1 heterocycles. The van der Waals surface area contributed by atoms with Gasteiger partial charge in [-0.2, -0.15) is 11.8 Å². The van der Waals surface area contributed by atoms with Crippen molar-refractivity contribution in [3.63, 3.8) is 0 Å². The number of carboxylic acids is 1. The summed E-state index contributed by atoms with van der Waals surface area (Å²) in [5.41, 5.74) is 0. The van der Waals surface area contributed by atoms with Gasteiger partial charge in [-0.25, -0.2) is 4.79 Å². The summed E-state index contributed by atoms with van der Waals surface area (Å²) >= 11 is 1.83. The summed E-state index contributed by atoms with van der Waals surface area (Å²) in [6, 6.07) is 0. The van der Waals surface area contributed by atoms with Crippen molar-refractivity contribution in [2.75, 3.05) is 18.8 Å². The predicted molar refractivity (Wildman–Crippen MR) is 59.9 cm³/mol. The van der Waals surface area contributed by atoms with Gasteiger partial charge in [0.2, 0.25) is 5.91 Å². The zero-order valence-corrected chi connectivity index (χ0v) is 9.71. The molecule has 0 aromatic rings. The predicted octanol–water partition coefficient (Wildman–Crippen LogP) is 0.981. The third-order valence-electron chi connectivity index (χ3n) is 2.11. The van der Waals surface area contributed by atoms with Crippen molar-refractivity contribution < 1.29 is 14.7 Å². The maximum absolute atomic E-state index is 11.6. The van der Waals surface area contributed by atoms with Crippen LogP contribution in [-0.4, -0.2) is 45.5 Å². The standard InChI is InChI=1S/C10H15NO3S/c1-10(2)7-11(5-6-15-10)8(12)3-4-9(13)14/h3-4H,5-7H2,1-2H3,(H,13,14)/b4-3-. The van der Waals surface area contributed by atoms with E-state index in [1.54, 1.807) is 4.90 Å². The van der Waals surface area contributed by atoms with E-state index in [2.05, 4.69) is 13.8 Å². The molecule has 0 bridgehead atoms. The van der Waals surface area contributed by atoms with Crippen LogP contribution < -0.4 is 0 Å². The second kappa shape index (κ2) is 4.70. The highest BCUT2D eigenvalue weighted by Crippen LogP contribution is 2.29. The third-order valence-corrected chi connectivity index (χ3v) is 3.40. The number of hydrogen-bond acceptors (Lipinski definition) is 3. The van der Waals surface area contributed by atoms with Crippen molar-refractivity contribution in [2.24, 2.45) is 0 Å². The van der Waals surface area contributed by atoms with Crippen molar-refractivity contribution >= 4 is 23.6 Å². The fourth-order valence-corrected chi connectivity index (χ4v) is 2.56. The van der Waals surface area contributed by atoms with Gasteiger partial charge in [0.25, 0.3) is 0 Å². The molecule has 0 radical (unpaired) electrons. The first-order valence-electron chi connectivity index (χ1n) is 4.74. The molecule has 1 N–H and O–H groups in total. The Morgan fingerprint density at radius 2 is 2.07 bits per heavy atom. The number of aliphatic carboxylic acids is 1. The van der Waals surface area contributed by atoms with Gasteiger partial charge in [0.05, 0.1) is 0 Å². The molecule has 0 aromatic carbocycles. The fraction of sp³-hybridized carbons (Fsp3) is 0.600. The Balaban J connectivity index is 2.57. The van der Waals surface area contributed by atoms with Crippen LogP contribution in [0.2, 0.25) is 0 Å². The number of carboxylic acid groups (broad SMARTS) is 1. The van der Waals surface area contributed by atoms with Crippen LogP contribution in [0.5, 0.6) is 0 Å². The number of amides is 1. The van der Waals surface area contributed by atoms with Crippen molar-refractivity contribution in [3.8, 4) is 0 Å². The van der Waals surface area contributed by atoms with Gasteiger partial charge in [-0.3, -0.25) is 4.79 Å². The minimum Gasteiger partial charge on any atom is -0.478 e. The molecule has 5 heteroatoms. The van der Waals surface area contributed by atoms with Gasteiger partial charge in [-0.15, -0.1) is 0 Å². The van der Waals surface area contributed by atoms with Gasteiger partial charge < -0.3 is 10.0 Å². The van der Waals surface area contributed by atoms with Crippen LogP contribution in [-0.2, 0) is 9.59 Å². The van der Waals surface area contributed by atoms with Crippen LogP contribution in [0.15, 0.2) is 12.2 Å². The van der Waals surface area contributed by atoms with Gasteiger partial charge in [-0.1, -0.05) is 0 Å². The highest BCUT2D eigenvalue weighted by atomic mass is 32.2. The molecule has 0 aliphatic carbocycles. The average Bonchev–Trinajstić information content (AvgIpc) is 2.12. The Kier molecular flexibility index (Phi) is 3.79. The Bertz CT molecular complexity index is 299. The molecule has 1 saturated heterocycles. The van der Waals surface area contributed by atoms with E-state index >= 15 is 0 Å². The van der Waals surface area contributed by atoms with Crippen LogP contribution in [0, 0.1) is 0 Å². The minimum atomic E-state index is -1.09. The quantitative estimate of drug-likeness (QED) is 0.717. The number of carbonyl (C=O) groups excluding carboxylic acids is 1. The number of nitrogens with zero attached hydrogens (tertiary/aromatic N) is 1. The number of hydrogen-bond donors (Lipinski definition) is 1. The minimum absolute atomic E-state index is 0.0605. The van der Waals surface area contributed by atoms with Crippen molar-refractivity contribution in [2.45, 2.75) is 18.6 Å². The van der Waals surface area contributed by atoms with Crippen LogP contribution in [0.1, 0.15) is 13.8 Å². The highest BCUT2D eigenvalue weighted by molar-refractivity contribution is 8.00. The Labute approximate surface area is 93.3 Å². The van der Waals surface area contributed by atoms with E-state index in [-0.39, 0.29) is 10.7 Å². The molecule has 1 rings (SSSR count). The lowest BCUT2D eigenvalue weighted by Crippen LogP contribution is -2.45. The van der Waals surface area contributed by atoms with Crippen molar-refractivity contribution in [3.05, 3.63) is 12.2 Å². The van der Waals surface area contributed by atoms with E-state index < -0.39 is 5.97 Å². The topological polar surface area (TPSA) is 57.6 Å². The fourth-order valence-electron chi connectivity index (χ4n) is 1.45. The lowest BCUT2D eigenvalue weighted by Gasteiger charge is -2.37. The Morgan fingerprint density at radius 1 is 1.40 bits per heavy atom. The van der Waals surface area contributed by atoms with Crippen molar-refractivity contribution in [1.82, 2.24) is 4.90 Å². The zero-order valence-electron chi connectivity index (χ0n) is 8.90. The SMILES string of the molecule is CC1(C)CN(C(=O)/C=C\C(=O)O)CCS1. The molecule has 1 fully saturated rings. The molecule has 0 unspecified atom stereocenters. The van der Waals surface area contributed by atoms with E-state index in [4.69, 9.17) is 5.11 Å². The normalized spacial score (nSPS) is 20.5. The zero-order chi connectivity index (χ0) is 11.5. The largest absolute Gasteiger partial charge is 0.478 e. The van der Waals surface area contributed by atoms with E-state index in [1.165, 1.54) is 0 Å². The summed E-state index contributed by atoms with van der Waals surface area (Å²) in [5.74, 6) is -0.403. The molecular formula is C10H15NO3S. The summed E-state index contributed by atoms with van der Waals surface area (Å²) in [7, 11) is 0.